The molecular weight excluding hydrogens is 871 g/mol. The highest BCUT2D eigenvalue weighted by atomic mass is 79.9. The van der Waals surface area contributed by atoms with Crippen molar-refractivity contribution in [2.75, 3.05) is 23.5 Å². The van der Waals surface area contributed by atoms with E-state index in [1.165, 1.54) is 5.19 Å². The lowest BCUT2D eigenvalue weighted by Gasteiger charge is -2.37. The minimum Gasteiger partial charge on any atom is -0.497 e. The molecule has 0 aliphatic carbocycles. The van der Waals surface area contributed by atoms with Crippen LogP contribution in [0.1, 0.15) is 52.0 Å². The summed E-state index contributed by atoms with van der Waals surface area (Å²) in [6, 6.07) is 44.1. The molecule has 2 amide bonds. The van der Waals surface area contributed by atoms with Gasteiger partial charge in [0.1, 0.15) is 5.75 Å². The van der Waals surface area contributed by atoms with Gasteiger partial charge in [0, 0.05) is 39.8 Å². The van der Waals surface area contributed by atoms with E-state index in [4.69, 9.17) is 9.47 Å². The molecule has 4 heterocycles. The number of carbonyl (C=O) groups excluding carboxylic acids is 2. The first kappa shape index (κ1) is 41.1. The fraction of sp³-hybridized carbons (Fsp3) is 0.255. The van der Waals surface area contributed by atoms with Crippen molar-refractivity contribution in [3.8, 4) is 5.75 Å². The standard InChI is InChI=1S/C51H48BrN5O5Si/c1-32-48(63(3,4)39-22-20-38(61-2)21-23-39)46(25-26-55-30-43(53-54-55)41(31-58)34-12-6-5-7-13-34)62-51(32)42-28-36(52)19-24-44(42)56(50(51)60)29-33-11-8-16-37(27-33)57-45-18-10-15-35-14-9-17-40(47(35)45)49(57)59/h5-24,27-28,30,32,41,46,48,58H,25-26,29,31H2,1-4H3/t32-,41?,46+,48-,51+/m0/s1. The number of benzene rings is 6. The lowest BCUT2D eigenvalue weighted by Crippen LogP contribution is -2.51. The molecule has 10 nitrogen and oxygen atoms in total. The number of ether oxygens (including phenoxy) is 2. The molecule has 0 radical (unpaired) electrons. The van der Waals surface area contributed by atoms with Gasteiger partial charge in [0.05, 0.1) is 63.0 Å². The van der Waals surface area contributed by atoms with Crippen molar-refractivity contribution in [3.05, 3.63) is 172 Å². The topological polar surface area (TPSA) is 110 Å². The van der Waals surface area contributed by atoms with Gasteiger partial charge in [-0.3, -0.25) is 19.2 Å². The Morgan fingerprint density at radius 1 is 0.889 bits per heavy atom. The number of hydrogen-bond acceptors (Lipinski definition) is 7. The maximum Gasteiger partial charge on any atom is 0.264 e. The Hall–Kier alpha value is -5.92. The SMILES string of the molecule is COc1ccc([Si](C)(C)[C@@H]2[C@@H](CCn3cc(C(CO)c4ccccc4)nn3)O[C@]3(C(=O)N(Cc4cccc(N5C(=O)c6cccc7cccc5c67)c4)c4ccc(Br)cc43)[C@H]2C)cc1. The fourth-order valence-electron chi connectivity index (χ4n) is 10.8. The Kier molecular flexibility index (Phi) is 10.4. The molecule has 0 bridgehead atoms. The first-order chi connectivity index (χ1) is 30.5. The zero-order chi connectivity index (χ0) is 43.6. The largest absolute Gasteiger partial charge is 0.497 e. The van der Waals surface area contributed by atoms with E-state index < -0.39 is 13.7 Å². The maximum absolute atomic E-state index is 15.6. The van der Waals surface area contributed by atoms with Crippen LogP contribution in [0.25, 0.3) is 10.8 Å². The molecule has 1 fully saturated rings. The molecule has 3 aliphatic heterocycles. The summed E-state index contributed by atoms with van der Waals surface area (Å²) in [5.41, 5.74) is 5.30. The highest BCUT2D eigenvalue weighted by Crippen LogP contribution is 2.60. The van der Waals surface area contributed by atoms with Crippen LogP contribution < -0.4 is 19.7 Å². The monoisotopic (exact) mass is 917 g/mol. The highest BCUT2D eigenvalue weighted by molar-refractivity contribution is 9.10. The van der Waals surface area contributed by atoms with Gasteiger partial charge < -0.3 is 19.5 Å². The minimum atomic E-state index is -2.42. The molecule has 12 heteroatoms. The van der Waals surface area contributed by atoms with E-state index in [1.54, 1.807) is 12.0 Å². The zero-order valence-corrected chi connectivity index (χ0v) is 38.2. The molecule has 1 unspecified atom stereocenters. The highest BCUT2D eigenvalue weighted by Gasteiger charge is 2.66. The van der Waals surface area contributed by atoms with E-state index in [0.29, 0.717) is 30.8 Å². The minimum absolute atomic E-state index is 0.0213. The van der Waals surface area contributed by atoms with E-state index in [2.05, 4.69) is 64.5 Å². The third-order valence-corrected chi connectivity index (χ3v) is 18.7. The van der Waals surface area contributed by atoms with Gasteiger partial charge in [-0.25, -0.2) is 0 Å². The molecule has 7 aromatic rings. The number of methoxy groups -OCH3 is 1. The third-order valence-electron chi connectivity index (χ3n) is 13.8. The normalized spacial score (nSPS) is 20.9. The Balaban J connectivity index is 0.995. The summed E-state index contributed by atoms with van der Waals surface area (Å²) < 4.78 is 15.7. The summed E-state index contributed by atoms with van der Waals surface area (Å²) >= 11 is 3.75. The molecule has 1 N–H and O–H groups in total. The Labute approximate surface area is 376 Å². The third kappa shape index (κ3) is 6.73. The smallest absolute Gasteiger partial charge is 0.264 e. The summed E-state index contributed by atoms with van der Waals surface area (Å²) in [6.07, 6.45) is 2.21. The van der Waals surface area contributed by atoms with E-state index in [0.717, 1.165) is 54.7 Å². The van der Waals surface area contributed by atoms with Gasteiger partial charge in [0.25, 0.3) is 11.8 Å². The Morgan fingerprint density at radius 3 is 2.41 bits per heavy atom. The zero-order valence-electron chi connectivity index (χ0n) is 35.6. The average molecular weight is 919 g/mol. The molecule has 63 heavy (non-hydrogen) atoms. The summed E-state index contributed by atoms with van der Waals surface area (Å²) in [7, 11) is -0.740. The van der Waals surface area contributed by atoms with Crippen LogP contribution in [-0.2, 0) is 28.2 Å². The number of rotatable bonds is 12. The molecule has 3 aliphatic rings. The van der Waals surface area contributed by atoms with Crippen molar-refractivity contribution in [1.82, 2.24) is 15.0 Å². The van der Waals surface area contributed by atoms with Crippen LogP contribution in [-0.4, -0.2) is 59.8 Å². The molecule has 1 spiro atoms. The molecule has 5 atom stereocenters. The number of nitrogens with zero attached hydrogens (tertiary/aromatic N) is 5. The van der Waals surface area contributed by atoms with Gasteiger partial charge >= 0.3 is 0 Å². The van der Waals surface area contributed by atoms with Gasteiger partial charge in [-0.1, -0.05) is 125 Å². The number of fused-ring (bicyclic) bond motifs is 2. The second kappa shape index (κ2) is 16.0. The lowest BCUT2D eigenvalue weighted by molar-refractivity contribution is -0.146. The molecule has 318 valence electrons. The lowest BCUT2D eigenvalue weighted by atomic mass is 9.82. The van der Waals surface area contributed by atoms with Gasteiger partial charge in [-0.05, 0) is 83.1 Å². The fourth-order valence-corrected chi connectivity index (χ4v) is 15.2. The summed E-state index contributed by atoms with van der Waals surface area (Å²) in [6.45, 7) is 7.69. The van der Waals surface area contributed by atoms with Crippen LogP contribution in [0, 0.1) is 5.92 Å². The van der Waals surface area contributed by atoms with Crippen LogP contribution in [0.2, 0.25) is 18.6 Å². The van der Waals surface area contributed by atoms with E-state index in [9.17, 15) is 9.90 Å². The quantitative estimate of drug-likeness (QED) is 0.122. The maximum atomic E-state index is 15.6. The molecule has 6 aromatic carbocycles. The number of aliphatic hydroxyl groups is 1. The predicted molar refractivity (Wildman–Crippen MR) is 252 cm³/mol. The Morgan fingerprint density at radius 2 is 1.65 bits per heavy atom. The van der Waals surface area contributed by atoms with Crippen LogP contribution in [0.5, 0.6) is 5.75 Å². The van der Waals surface area contributed by atoms with Crippen molar-refractivity contribution in [3.63, 3.8) is 0 Å². The molecule has 1 saturated heterocycles. The van der Waals surface area contributed by atoms with Gasteiger partial charge in [0.2, 0.25) is 0 Å². The van der Waals surface area contributed by atoms with Crippen LogP contribution in [0.4, 0.5) is 17.1 Å². The summed E-state index contributed by atoms with van der Waals surface area (Å²) in [5, 5.41) is 22.6. The number of hydrogen-bond donors (Lipinski definition) is 1. The number of aliphatic hydroxyl groups excluding tert-OH is 1. The Bertz CT molecular complexity index is 2880. The van der Waals surface area contributed by atoms with E-state index in [1.807, 2.05) is 131 Å². The van der Waals surface area contributed by atoms with Crippen LogP contribution in [0.3, 0.4) is 0 Å². The molecular formula is C51H48BrN5O5Si. The van der Waals surface area contributed by atoms with E-state index >= 15 is 4.79 Å². The van der Waals surface area contributed by atoms with Gasteiger partial charge in [-0.15, -0.1) is 5.10 Å². The number of aromatic nitrogens is 3. The predicted octanol–water partition coefficient (Wildman–Crippen LogP) is 9.47. The number of halogens is 1. The first-order valence-corrected chi connectivity index (χ1v) is 25.4. The van der Waals surface area contributed by atoms with Crippen LogP contribution >= 0.6 is 15.9 Å². The first-order valence-electron chi connectivity index (χ1n) is 21.5. The molecule has 0 saturated carbocycles. The summed E-state index contributed by atoms with van der Waals surface area (Å²) in [5.74, 6) is 0.149. The molecule has 1 aromatic heterocycles. The van der Waals surface area contributed by atoms with Crippen LogP contribution in [0.15, 0.2) is 144 Å². The second-order valence-electron chi connectivity index (χ2n) is 17.5. The van der Waals surface area contributed by atoms with Crippen molar-refractivity contribution in [2.45, 2.75) is 62.7 Å². The van der Waals surface area contributed by atoms with Crippen molar-refractivity contribution >= 4 is 68.8 Å². The number of carbonyl (C=O) groups is 2. The van der Waals surface area contributed by atoms with Crippen molar-refractivity contribution in [1.29, 1.82) is 0 Å². The van der Waals surface area contributed by atoms with Gasteiger partial charge in [0.15, 0.2) is 5.60 Å². The van der Waals surface area contributed by atoms with Gasteiger partial charge in [-0.2, -0.15) is 0 Å². The van der Waals surface area contributed by atoms with Crippen molar-refractivity contribution in [2.24, 2.45) is 5.92 Å². The second-order valence-corrected chi connectivity index (χ2v) is 23.1. The summed E-state index contributed by atoms with van der Waals surface area (Å²) in [4.78, 5) is 33.2. The van der Waals surface area contributed by atoms with E-state index in [-0.39, 0.29) is 41.9 Å². The van der Waals surface area contributed by atoms with Crippen molar-refractivity contribution < 1.29 is 24.2 Å². The average Bonchev–Trinajstić information content (AvgIpc) is 4.03. The molecule has 10 rings (SSSR count). The number of amides is 2. The number of aryl methyl sites for hydroxylation is 1. The number of anilines is 3.